The minimum Gasteiger partial charge on any atom is -0.506 e. The molecule has 0 saturated heterocycles. The number of hydrogen-bond donors (Lipinski definition) is 2. The maximum absolute atomic E-state index is 12.9. The van der Waals surface area contributed by atoms with Crippen LogP contribution in [0.2, 0.25) is 5.02 Å². The third-order valence-corrected chi connectivity index (χ3v) is 5.52. The van der Waals surface area contributed by atoms with Crippen molar-refractivity contribution in [2.45, 2.75) is 27.2 Å². The van der Waals surface area contributed by atoms with Crippen LogP contribution in [0.25, 0.3) is 16.9 Å². The zero-order chi connectivity index (χ0) is 21.4. The number of benzene rings is 2. The molecule has 0 bridgehead atoms. The van der Waals surface area contributed by atoms with Crippen LogP contribution in [0.4, 0.5) is 5.69 Å². The number of phenols is 1. The molecular weight excluding hydrogens is 398 g/mol. The molecule has 5 nitrogen and oxygen atoms in total. The van der Waals surface area contributed by atoms with Crippen molar-refractivity contribution in [2.24, 2.45) is 0 Å². The van der Waals surface area contributed by atoms with Crippen LogP contribution in [-0.4, -0.2) is 20.4 Å². The number of fused-ring (bicyclic) bond motifs is 1. The molecule has 4 rings (SSSR count). The fourth-order valence-electron chi connectivity index (χ4n) is 3.50. The lowest BCUT2D eigenvalue weighted by molar-refractivity contribution is -0.115. The van der Waals surface area contributed by atoms with E-state index < -0.39 is 0 Å². The predicted molar refractivity (Wildman–Crippen MR) is 120 cm³/mol. The van der Waals surface area contributed by atoms with E-state index >= 15 is 0 Å². The van der Waals surface area contributed by atoms with Gasteiger partial charge < -0.3 is 14.8 Å². The van der Waals surface area contributed by atoms with E-state index in [0.717, 1.165) is 28.2 Å². The number of phenolic OH excluding ortho intramolecular Hbond substituents is 1. The third-order valence-electron chi connectivity index (χ3n) is 5.29. The van der Waals surface area contributed by atoms with Crippen molar-refractivity contribution in [2.75, 3.05) is 5.32 Å². The molecule has 152 valence electrons. The van der Waals surface area contributed by atoms with E-state index in [-0.39, 0.29) is 23.8 Å². The summed E-state index contributed by atoms with van der Waals surface area (Å²) in [6.07, 6.45) is 2.01. The molecular formula is C24H22ClN3O2. The smallest absolute Gasteiger partial charge is 0.230 e. The fraction of sp³-hybridized carbons (Fsp3) is 0.167. The number of rotatable bonds is 4. The molecule has 4 aromatic rings. The van der Waals surface area contributed by atoms with Crippen molar-refractivity contribution in [3.05, 3.63) is 82.1 Å². The summed E-state index contributed by atoms with van der Waals surface area (Å²) >= 11 is 5.99. The van der Waals surface area contributed by atoms with E-state index in [0.29, 0.717) is 5.02 Å². The molecule has 0 radical (unpaired) electrons. The second kappa shape index (κ2) is 7.84. The highest BCUT2D eigenvalue weighted by Gasteiger charge is 2.19. The molecule has 2 N–H and O–H groups in total. The predicted octanol–water partition coefficient (Wildman–Crippen LogP) is 5.47. The molecule has 0 unspecified atom stereocenters. The van der Waals surface area contributed by atoms with Crippen LogP contribution in [0.1, 0.15) is 22.4 Å². The summed E-state index contributed by atoms with van der Waals surface area (Å²) < 4.78 is 1.96. The topological polar surface area (TPSA) is 66.6 Å². The molecule has 0 saturated carbocycles. The quantitative estimate of drug-likeness (QED) is 0.431. The maximum atomic E-state index is 12.9. The van der Waals surface area contributed by atoms with Crippen LogP contribution in [-0.2, 0) is 11.2 Å². The minimum atomic E-state index is -0.263. The minimum absolute atomic E-state index is 0.0314. The van der Waals surface area contributed by atoms with Crippen molar-refractivity contribution in [1.82, 2.24) is 9.38 Å². The number of carbonyl (C=O) groups is 1. The van der Waals surface area contributed by atoms with E-state index in [4.69, 9.17) is 16.6 Å². The highest BCUT2D eigenvalue weighted by Crippen LogP contribution is 2.30. The van der Waals surface area contributed by atoms with E-state index in [1.54, 1.807) is 6.07 Å². The molecule has 2 heterocycles. The van der Waals surface area contributed by atoms with Gasteiger partial charge in [0.15, 0.2) is 0 Å². The highest BCUT2D eigenvalue weighted by molar-refractivity contribution is 6.31. The van der Waals surface area contributed by atoms with Crippen LogP contribution in [0, 0.1) is 20.8 Å². The van der Waals surface area contributed by atoms with Crippen molar-refractivity contribution in [3.8, 4) is 17.0 Å². The Hall–Kier alpha value is -3.31. The lowest BCUT2D eigenvalue weighted by atomic mass is 10.0. The number of amides is 1. The number of carbonyl (C=O) groups excluding carboxylic acids is 1. The van der Waals surface area contributed by atoms with Crippen molar-refractivity contribution < 1.29 is 9.90 Å². The number of imidazole rings is 1. The van der Waals surface area contributed by atoms with Crippen LogP contribution < -0.4 is 5.32 Å². The van der Waals surface area contributed by atoms with Gasteiger partial charge in [0.25, 0.3) is 0 Å². The first kappa shape index (κ1) is 20.0. The first-order chi connectivity index (χ1) is 14.3. The molecule has 2 aromatic heterocycles. The number of pyridine rings is 1. The summed E-state index contributed by atoms with van der Waals surface area (Å²) in [5.41, 5.74) is 7.03. The number of aromatic nitrogens is 2. The first-order valence-electron chi connectivity index (χ1n) is 9.66. The second-order valence-corrected chi connectivity index (χ2v) is 7.91. The van der Waals surface area contributed by atoms with Crippen molar-refractivity contribution >= 4 is 28.8 Å². The Balaban J connectivity index is 1.77. The molecule has 1 amide bonds. The summed E-state index contributed by atoms with van der Waals surface area (Å²) in [7, 11) is 0. The Morgan fingerprint density at radius 2 is 1.87 bits per heavy atom. The normalized spacial score (nSPS) is 11.1. The number of nitrogens with zero attached hydrogens (tertiary/aromatic N) is 2. The lowest BCUT2D eigenvalue weighted by Crippen LogP contribution is -2.16. The van der Waals surface area contributed by atoms with Crippen LogP contribution in [0.15, 0.2) is 54.7 Å². The number of aromatic hydroxyl groups is 1. The van der Waals surface area contributed by atoms with Crippen molar-refractivity contribution in [3.63, 3.8) is 0 Å². The Bertz CT molecular complexity index is 1280. The van der Waals surface area contributed by atoms with Gasteiger partial charge in [-0.05, 0) is 67.8 Å². The standard InChI is InChI=1S/C24H22ClN3O2/c1-14-6-7-17(11-16(14)3)23-20(28-10-4-5-15(2)24(28)27-23)13-22(30)26-19-12-18(25)8-9-21(19)29/h4-12,29H,13H2,1-3H3,(H,26,30). The van der Waals surface area contributed by atoms with Crippen LogP contribution in [0.3, 0.4) is 0 Å². The summed E-state index contributed by atoms with van der Waals surface area (Å²) in [4.78, 5) is 17.7. The van der Waals surface area contributed by atoms with Gasteiger partial charge in [-0.1, -0.05) is 29.8 Å². The zero-order valence-electron chi connectivity index (χ0n) is 17.0. The van der Waals surface area contributed by atoms with Gasteiger partial charge in [0.05, 0.1) is 23.5 Å². The summed E-state index contributed by atoms with van der Waals surface area (Å²) in [5, 5.41) is 13.2. The Labute approximate surface area is 180 Å². The van der Waals surface area contributed by atoms with E-state index in [1.807, 2.05) is 35.7 Å². The Kier molecular flexibility index (Phi) is 5.22. The van der Waals surface area contributed by atoms with E-state index in [9.17, 15) is 9.90 Å². The fourth-order valence-corrected chi connectivity index (χ4v) is 3.67. The monoisotopic (exact) mass is 419 g/mol. The molecule has 30 heavy (non-hydrogen) atoms. The second-order valence-electron chi connectivity index (χ2n) is 7.48. The molecule has 0 aliphatic rings. The molecule has 0 atom stereocenters. The van der Waals surface area contributed by atoms with Gasteiger partial charge in [-0.2, -0.15) is 0 Å². The molecule has 0 aliphatic carbocycles. The van der Waals surface area contributed by atoms with E-state index in [1.165, 1.54) is 23.3 Å². The molecule has 0 fully saturated rings. The van der Waals surface area contributed by atoms with Gasteiger partial charge in [0.2, 0.25) is 5.91 Å². The average Bonchev–Trinajstić information content (AvgIpc) is 3.07. The van der Waals surface area contributed by atoms with Gasteiger partial charge in [-0.15, -0.1) is 0 Å². The number of nitrogens with one attached hydrogen (secondary N) is 1. The van der Waals surface area contributed by atoms with Gasteiger partial charge in [0, 0.05) is 16.8 Å². The third kappa shape index (κ3) is 3.76. The SMILES string of the molecule is Cc1ccc(-c2nc3c(C)cccn3c2CC(=O)Nc2cc(Cl)ccc2O)cc1C. The number of hydrogen-bond acceptors (Lipinski definition) is 3. The Morgan fingerprint density at radius 3 is 2.63 bits per heavy atom. The number of anilines is 1. The summed E-state index contributed by atoms with van der Waals surface area (Å²) in [6.45, 7) is 6.13. The van der Waals surface area contributed by atoms with Crippen LogP contribution >= 0.6 is 11.6 Å². The van der Waals surface area contributed by atoms with Gasteiger partial charge in [-0.25, -0.2) is 4.98 Å². The number of aryl methyl sites for hydroxylation is 3. The van der Waals surface area contributed by atoms with Gasteiger partial charge >= 0.3 is 0 Å². The van der Waals surface area contributed by atoms with E-state index in [2.05, 4.69) is 31.3 Å². The Morgan fingerprint density at radius 1 is 1.07 bits per heavy atom. The first-order valence-corrected chi connectivity index (χ1v) is 10.0. The molecule has 0 spiro atoms. The largest absolute Gasteiger partial charge is 0.506 e. The molecule has 6 heteroatoms. The molecule has 0 aliphatic heterocycles. The summed E-state index contributed by atoms with van der Waals surface area (Å²) in [5.74, 6) is -0.294. The lowest BCUT2D eigenvalue weighted by Gasteiger charge is -2.10. The average molecular weight is 420 g/mol. The summed E-state index contributed by atoms with van der Waals surface area (Å²) in [6, 6.07) is 14.7. The van der Waals surface area contributed by atoms with Crippen molar-refractivity contribution in [1.29, 1.82) is 0 Å². The maximum Gasteiger partial charge on any atom is 0.230 e. The van der Waals surface area contributed by atoms with Gasteiger partial charge in [0.1, 0.15) is 11.4 Å². The molecule has 2 aromatic carbocycles. The highest BCUT2D eigenvalue weighted by atomic mass is 35.5. The number of halogens is 1. The van der Waals surface area contributed by atoms with Gasteiger partial charge in [-0.3, -0.25) is 4.79 Å². The van der Waals surface area contributed by atoms with Crippen LogP contribution in [0.5, 0.6) is 5.75 Å². The zero-order valence-corrected chi connectivity index (χ0v) is 17.8.